The van der Waals surface area contributed by atoms with E-state index in [1.807, 2.05) is 19.9 Å². The van der Waals surface area contributed by atoms with Crippen LogP contribution in [0.1, 0.15) is 22.0 Å². The minimum Gasteiger partial charge on any atom is -0.369 e. The number of rotatable bonds is 4. The van der Waals surface area contributed by atoms with E-state index < -0.39 is 0 Å². The van der Waals surface area contributed by atoms with Gasteiger partial charge in [0.15, 0.2) is 0 Å². The summed E-state index contributed by atoms with van der Waals surface area (Å²) < 4.78 is 0. The van der Waals surface area contributed by atoms with Gasteiger partial charge in [-0.2, -0.15) is 5.26 Å². The maximum Gasteiger partial charge on any atom is 0.144 e. The summed E-state index contributed by atoms with van der Waals surface area (Å²) in [5.41, 5.74) is 2.56. The minimum atomic E-state index is 0.579. The van der Waals surface area contributed by atoms with E-state index in [1.165, 1.54) is 0 Å². The molecule has 0 amide bonds. The lowest BCUT2D eigenvalue weighted by Gasteiger charge is -2.06. The van der Waals surface area contributed by atoms with Crippen molar-refractivity contribution in [3.05, 3.63) is 39.5 Å². The first-order valence-corrected chi connectivity index (χ1v) is 6.59. The Kier molecular flexibility index (Phi) is 3.90. The molecule has 5 heteroatoms. The first kappa shape index (κ1) is 12.5. The molecule has 2 aromatic heterocycles. The summed E-state index contributed by atoms with van der Waals surface area (Å²) in [6.45, 7) is 4.64. The standard InChI is InChI=1S/C13H14N4S/c1-9-3-4-11(7-14)13(16-9)15-6-5-12-8-18-10(2)17-12/h3-4,8H,5-6H2,1-2H3,(H,15,16). The lowest BCUT2D eigenvalue weighted by atomic mass is 10.2. The van der Waals surface area contributed by atoms with Gasteiger partial charge in [0.2, 0.25) is 0 Å². The van der Waals surface area contributed by atoms with Crippen LogP contribution in [0.2, 0.25) is 0 Å². The molecule has 0 aromatic carbocycles. The van der Waals surface area contributed by atoms with Gasteiger partial charge in [0.25, 0.3) is 0 Å². The van der Waals surface area contributed by atoms with Crippen LogP contribution in [0.25, 0.3) is 0 Å². The summed E-state index contributed by atoms with van der Waals surface area (Å²) >= 11 is 1.65. The van der Waals surface area contributed by atoms with Crippen molar-refractivity contribution in [3.63, 3.8) is 0 Å². The number of aromatic nitrogens is 2. The Labute approximate surface area is 110 Å². The minimum absolute atomic E-state index is 0.579. The Morgan fingerprint density at radius 3 is 2.83 bits per heavy atom. The number of pyridine rings is 1. The summed E-state index contributed by atoms with van der Waals surface area (Å²) in [5.74, 6) is 0.657. The third kappa shape index (κ3) is 3.05. The molecule has 0 atom stereocenters. The van der Waals surface area contributed by atoms with Gasteiger partial charge < -0.3 is 5.32 Å². The normalized spacial score (nSPS) is 10.1. The van der Waals surface area contributed by atoms with Gasteiger partial charge in [0.1, 0.15) is 11.9 Å². The second-order valence-electron chi connectivity index (χ2n) is 4.00. The molecule has 2 rings (SSSR count). The summed E-state index contributed by atoms with van der Waals surface area (Å²) in [6.07, 6.45) is 0.838. The molecule has 0 spiro atoms. The van der Waals surface area contributed by atoms with Crippen LogP contribution in [-0.4, -0.2) is 16.5 Å². The molecule has 0 aliphatic heterocycles. The molecule has 0 saturated heterocycles. The van der Waals surface area contributed by atoms with E-state index in [1.54, 1.807) is 17.4 Å². The molecule has 92 valence electrons. The lowest BCUT2D eigenvalue weighted by Crippen LogP contribution is -2.08. The van der Waals surface area contributed by atoms with Gasteiger partial charge >= 0.3 is 0 Å². The van der Waals surface area contributed by atoms with Crippen LogP contribution in [0, 0.1) is 25.2 Å². The molecule has 0 saturated carbocycles. The van der Waals surface area contributed by atoms with E-state index in [0.29, 0.717) is 11.4 Å². The largest absolute Gasteiger partial charge is 0.369 e. The molecule has 1 N–H and O–H groups in total. The number of nitriles is 1. The van der Waals surface area contributed by atoms with Gasteiger partial charge in [-0.05, 0) is 26.0 Å². The van der Waals surface area contributed by atoms with Crippen LogP contribution < -0.4 is 5.32 Å². The maximum atomic E-state index is 8.99. The zero-order valence-electron chi connectivity index (χ0n) is 10.4. The Morgan fingerprint density at radius 2 is 2.17 bits per heavy atom. The van der Waals surface area contributed by atoms with Crippen LogP contribution >= 0.6 is 11.3 Å². The van der Waals surface area contributed by atoms with E-state index >= 15 is 0 Å². The van der Waals surface area contributed by atoms with E-state index in [4.69, 9.17) is 5.26 Å². The molecule has 2 heterocycles. The summed E-state index contributed by atoms with van der Waals surface area (Å²) in [4.78, 5) is 8.72. The maximum absolute atomic E-state index is 8.99. The van der Waals surface area contributed by atoms with Crippen LogP contribution in [0.5, 0.6) is 0 Å². The van der Waals surface area contributed by atoms with Crippen molar-refractivity contribution < 1.29 is 0 Å². The van der Waals surface area contributed by atoms with Crippen molar-refractivity contribution in [2.45, 2.75) is 20.3 Å². The molecular weight excluding hydrogens is 244 g/mol. The fraction of sp³-hybridized carbons (Fsp3) is 0.308. The summed E-state index contributed by atoms with van der Waals surface area (Å²) in [6, 6.07) is 5.77. The van der Waals surface area contributed by atoms with Crippen molar-refractivity contribution in [2.24, 2.45) is 0 Å². The molecule has 18 heavy (non-hydrogen) atoms. The molecular formula is C13H14N4S. The van der Waals surface area contributed by atoms with Crippen molar-refractivity contribution in [1.29, 1.82) is 5.26 Å². The quantitative estimate of drug-likeness (QED) is 0.916. The average molecular weight is 258 g/mol. The molecule has 0 unspecified atom stereocenters. The molecule has 0 bridgehead atoms. The first-order valence-electron chi connectivity index (χ1n) is 5.71. The number of aryl methyl sites for hydroxylation is 2. The third-order valence-electron chi connectivity index (χ3n) is 2.50. The number of hydrogen-bond acceptors (Lipinski definition) is 5. The highest BCUT2D eigenvalue weighted by Crippen LogP contribution is 2.13. The Morgan fingerprint density at radius 1 is 1.33 bits per heavy atom. The number of hydrogen-bond donors (Lipinski definition) is 1. The van der Waals surface area contributed by atoms with Gasteiger partial charge in [0, 0.05) is 24.0 Å². The smallest absolute Gasteiger partial charge is 0.144 e. The highest BCUT2D eigenvalue weighted by atomic mass is 32.1. The second-order valence-corrected chi connectivity index (χ2v) is 5.06. The van der Waals surface area contributed by atoms with Crippen molar-refractivity contribution >= 4 is 17.2 Å². The van der Waals surface area contributed by atoms with Crippen LogP contribution in [0.3, 0.4) is 0 Å². The second kappa shape index (κ2) is 5.61. The van der Waals surface area contributed by atoms with Gasteiger partial charge in [-0.1, -0.05) is 0 Å². The zero-order valence-corrected chi connectivity index (χ0v) is 11.2. The predicted molar refractivity (Wildman–Crippen MR) is 72.7 cm³/mol. The van der Waals surface area contributed by atoms with E-state index in [-0.39, 0.29) is 0 Å². The van der Waals surface area contributed by atoms with Gasteiger partial charge in [0.05, 0.1) is 16.3 Å². The number of thiazole rings is 1. The molecule has 2 aromatic rings. The van der Waals surface area contributed by atoms with Crippen molar-refractivity contribution in [2.75, 3.05) is 11.9 Å². The fourth-order valence-corrected chi connectivity index (χ4v) is 2.26. The Balaban J connectivity index is 1.98. The monoisotopic (exact) mass is 258 g/mol. The van der Waals surface area contributed by atoms with Gasteiger partial charge in [-0.25, -0.2) is 9.97 Å². The van der Waals surface area contributed by atoms with Crippen LogP contribution in [0.15, 0.2) is 17.5 Å². The molecule has 4 nitrogen and oxygen atoms in total. The Bertz CT molecular complexity index is 583. The molecule has 0 radical (unpaired) electrons. The highest BCUT2D eigenvalue weighted by Gasteiger charge is 2.04. The van der Waals surface area contributed by atoms with Crippen LogP contribution in [0.4, 0.5) is 5.82 Å². The molecule has 0 aliphatic rings. The van der Waals surface area contributed by atoms with Crippen molar-refractivity contribution in [3.8, 4) is 6.07 Å². The zero-order chi connectivity index (χ0) is 13.0. The summed E-state index contributed by atoms with van der Waals surface area (Å²) in [5, 5.41) is 15.3. The lowest BCUT2D eigenvalue weighted by molar-refractivity contribution is 0.956. The third-order valence-corrected chi connectivity index (χ3v) is 3.32. The number of nitrogens with zero attached hydrogens (tertiary/aromatic N) is 3. The van der Waals surface area contributed by atoms with E-state index in [9.17, 15) is 0 Å². The number of nitrogens with one attached hydrogen (secondary N) is 1. The average Bonchev–Trinajstić information content (AvgIpc) is 2.75. The predicted octanol–water partition coefficient (Wildman–Crippen LogP) is 2.68. The van der Waals surface area contributed by atoms with Gasteiger partial charge in [-0.15, -0.1) is 11.3 Å². The fourth-order valence-electron chi connectivity index (χ4n) is 1.61. The van der Waals surface area contributed by atoms with E-state index in [0.717, 1.165) is 29.4 Å². The number of anilines is 1. The van der Waals surface area contributed by atoms with Crippen LogP contribution in [-0.2, 0) is 6.42 Å². The van der Waals surface area contributed by atoms with E-state index in [2.05, 4.69) is 26.7 Å². The van der Waals surface area contributed by atoms with Gasteiger partial charge in [-0.3, -0.25) is 0 Å². The topological polar surface area (TPSA) is 61.6 Å². The Hall–Kier alpha value is -1.93. The SMILES string of the molecule is Cc1ccc(C#N)c(NCCc2csc(C)n2)n1. The highest BCUT2D eigenvalue weighted by molar-refractivity contribution is 7.09. The van der Waals surface area contributed by atoms with Crippen molar-refractivity contribution in [1.82, 2.24) is 9.97 Å². The molecule has 0 fully saturated rings. The summed E-state index contributed by atoms with van der Waals surface area (Å²) in [7, 11) is 0. The molecule has 0 aliphatic carbocycles. The first-order chi connectivity index (χ1) is 8.69.